The van der Waals surface area contributed by atoms with Crippen molar-refractivity contribution in [3.05, 3.63) is 97.9 Å². The average molecular weight is 521 g/mol. The minimum Gasteiger partial charge on any atom is -0.487 e. The van der Waals surface area contributed by atoms with Gasteiger partial charge in [-0.1, -0.05) is 35.9 Å². The molecule has 0 aliphatic rings. The van der Waals surface area contributed by atoms with Crippen LogP contribution < -0.4 is 15.6 Å². The quantitative estimate of drug-likeness (QED) is 0.448. The lowest BCUT2D eigenvalue weighted by Crippen LogP contribution is -2.24. The summed E-state index contributed by atoms with van der Waals surface area (Å²) in [5, 5.41) is 10.7. The van der Waals surface area contributed by atoms with Crippen LogP contribution in [0.4, 0.5) is 8.78 Å². The Morgan fingerprint density at radius 1 is 1.14 bits per heavy atom. The molecule has 9 heteroatoms. The normalized spacial score (nSPS) is 10.6. The molecule has 194 valence electrons. The molecule has 0 radical (unpaired) electrons. The maximum absolute atomic E-state index is 13.8. The summed E-state index contributed by atoms with van der Waals surface area (Å²) >= 11 is 6.24. The smallest absolute Gasteiger partial charge is 0.273 e. The number of hydrogen-bond donors (Lipinski definition) is 2. The summed E-state index contributed by atoms with van der Waals surface area (Å²) in [6, 6.07) is 12.5. The van der Waals surface area contributed by atoms with E-state index in [9.17, 15) is 18.4 Å². The van der Waals surface area contributed by atoms with Crippen molar-refractivity contribution < 1.29 is 23.4 Å². The molecule has 0 bridgehead atoms. The number of benzene rings is 2. The van der Waals surface area contributed by atoms with Crippen molar-refractivity contribution in [3.63, 3.8) is 0 Å². The third-order valence-electron chi connectivity index (χ3n) is 4.93. The van der Waals surface area contributed by atoms with Crippen molar-refractivity contribution in [1.29, 1.82) is 0 Å². The molecule has 1 amide bonds. The molecule has 3 aromatic rings. The van der Waals surface area contributed by atoms with Gasteiger partial charge in [0.25, 0.3) is 5.56 Å². The van der Waals surface area contributed by atoms with Crippen molar-refractivity contribution >= 4 is 17.5 Å². The predicted molar refractivity (Wildman–Crippen MR) is 136 cm³/mol. The molecule has 1 heterocycles. The van der Waals surface area contributed by atoms with Gasteiger partial charge in [-0.05, 0) is 50.5 Å². The number of aliphatic hydroxyl groups is 1. The van der Waals surface area contributed by atoms with Gasteiger partial charge in [-0.25, -0.2) is 8.78 Å². The molecule has 2 N–H and O–H groups in total. The molecule has 3 rings (SSSR count). The number of nitrogens with one attached hydrogen (secondary N) is 1. The molecular weight excluding hydrogens is 490 g/mol. The Hall–Kier alpha value is -3.23. The van der Waals surface area contributed by atoms with Crippen molar-refractivity contribution in [3.8, 4) is 5.75 Å². The largest absolute Gasteiger partial charge is 0.487 e. The second kappa shape index (κ2) is 13.8. The van der Waals surface area contributed by atoms with E-state index < -0.39 is 17.2 Å². The molecule has 0 saturated heterocycles. The maximum Gasteiger partial charge on any atom is 0.273 e. The number of carbonyl (C=O) groups is 1. The van der Waals surface area contributed by atoms with Crippen LogP contribution in [0, 0.1) is 18.6 Å². The van der Waals surface area contributed by atoms with Gasteiger partial charge in [0.15, 0.2) is 0 Å². The number of carbonyl (C=O) groups excluding carboxylic acids is 1. The highest BCUT2D eigenvalue weighted by atomic mass is 35.5. The number of aliphatic hydroxyl groups excluding tert-OH is 1. The van der Waals surface area contributed by atoms with Crippen LogP contribution in [0.5, 0.6) is 5.75 Å². The highest BCUT2D eigenvalue weighted by Gasteiger charge is 2.14. The Kier molecular flexibility index (Phi) is 11.1. The number of nitrogens with zero attached hydrogens (tertiary/aromatic N) is 1. The first-order valence-electron chi connectivity index (χ1n) is 11.4. The molecule has 0 unspecified atom stereocenters. The van der Waals surface area contributed by atoms with E-state index in [4.69, 9.17) is 21.4 Å². The van der Waals surface area contributed by atoms with E-state index in [-0.39, 0.29) is 35.0 Å². The number of pyridine rings is 1. The van der Waals surface area contributed by atoms with Gasteiger partial charge in [0, 0.05) is 43.0 Å². The van der Waals surface area contributed by atoms with Crippen molar-refractivity contribution in [2.45, 2.75) is 53.4 Å². The Labute approximate surface area is 214 Å². The van der Waals surface area contributed by atoms with E-state index in [1.165, 1.54) is 17.6 Å². The van der Waals surface area contributed by atoms with Gasteiger partial charge in [-0.3, -0.25) is 9.59 Å². The number of aryl methyl sites for hydroxylation is 1. The van der Waals surface area contributed by atoms with E-state index in [2.05, 4.69) is 5.32 Å². The highest BCUT2D eigenvalue weighted by Crippen LogP contribution is 2.24. The van der Waals surface area contributed by atoms with Crippen molar-refractivity contribution in [1.82, 2.24) is 9.88 Å². The average Bonchev–Trinajstić information content (AvgIpc) is 2.79. The first-order chi connectivity index (χ1) is 17.0. The van der Waals surface area contributed by atoms with E-state index >= 15 is 0 Å². The van der Waals surface area contributed by atoms with Crippen LogP contribution in [0.25, 0.3) is 0 Å². The lowest BCUT2D eigenvalue weighted by atomic mass is 10.1. The molecule has 0 fully saturated rings. The summed E-state index contributed by atoms with van der Waals surface area (Å²) in [6.07, 6.45) is 0.509. The monoisotopic (exact) mass is 520 g/mol. The number of amides is 1. The SMILES string of the molecule is CC(=O)NCCc1cccc(Cn2c(C)cc(OCc3ccc(F)cc3F)c(Cl)c2=O)c1.CC(C)O. The zero-order valence-electron chi connectivity index (χ0n) is 20.8. The minimum absolute atomic E-state index is 0.0811. The molecule has 36 heavy (non-hydrogen) atoms. The Morgan fingerprint density at radius 3 is 2.44 bits per heavy atom. The maximum atomic E-state index is 13.8. The molecular formula is C27H31ClF2N2O4. The third-order valence-corrected chi connectivity index (χ3v) is 5.28. The number of aromatic nitrogens is 1. The van der Waals surface area contributed by atoms with Gasteiger partial charge in [0.05, 0.1) is 6.54 Å². The molecule has 0 spiro atoms. The summed E-state index contributed by atoms with van der Waals surface area (Å²) in [5.41, 5.74) is 2.30. The van der Waals surface area contributed by atoms with Crippen LogP contribution in [0.2, 0.25) is 5.02 Å². The standard InChI is InChI=1S/C24H23ClF2N2O3.C3H8O/c1-15-10-22(32-14-19-6-7-20(26)12-21(19)27)23(25)24(31)29(15)13-18-5-3-4-17(11-18)8-9-28-16(2)30;1-3(2)4/h3-7,10-12H,8-9,13-14H2,1-2H3,(H,28,30);3-4H,1-2H3. The van der Waals surface area contributed by atoms with Gasteiger partial charge < -0.3 is 19.7 Å². The lowest BCUT2D eigenvalue weighted by molar-refractivity contribution is -0.118. The van der Waals surface area contributed by atoms with E-state index in [1.54, 1.807) is 26.8 Å². The molecule has 0 saturated carbocycles. The zero-order valence-corrected chi connectivity index (χ0v) is 21.5. The molecule has 6 nitrogen and oxygen atoms in total. The second-order valence-electron chi connectivity index (χ2n) is 8.53. The number of halogens is 3. The number of hydrogen-bond acceptors (Lipinski definition) is 4. The summed E-state index contributed by atoms with van der Waals surface area (Å²) in [4.78, 5) is 23.9. The highest BCUT2D eigenvalue weighted by molar-refractivity contribution is 6.31. The summed E-state index contributed by atoms with van der Waals surface area (Å²) in [7, 11) is 0. The van der Waals surface area contributed by atoms with Crippen LogP contribution in [0.3, 0.4) is 0 Å². The molecule has 0 aliphatic carbocycles. The lowest BCUT2D eigenvalue weighted by Gasteiger charge is -2.15. The molecule has 1 aromatic heterocycles. The Balaban J connectivity index is 0.00000106. The van der Waals surface area contributed by atoms with E-state index in [1.807, 2.05) is 24.3 Å². The van der Waals surface area contributed by atoms with Gasteiger partial charge >= 0.3 is 0 Å². The minimum atomic E-state index is -0.732. The van der Waals surface area contributed by atoms with E-state index in [0.717, 1.165) is 23.3 Å². The number of ether oxygens (including phenoxy) is 1. The first-order valence-corrected chi connectivity index (χ1v) is 11.8. The van der Waals surface area contributed by atoms with E-state index in [0.29, 0.717) is 25.2 Å². The second-order valence-corrected chi connectivity index (χ2v) is 8.90. The fourth-order valence-corrected chi connectivity index (χ4v) is 3.47. The third kappa shape index (κ3) is 9.09. The van der Waals surface area contributed by atoms with Gasteiger partial charge in [0.2, 0.25) is 5.91 Å². The van der Waals surface area contributed by atoms with Crippen LogP contribution in [0.15, 0.2) is 53.3 Å². The van der Waals surface area contributed by atoms with Gasteiger partial charge in [0.1, 0.15) is 29.0 Å². The van der Waals surface area contributed by atoms with Crippen molar-refractivity contribution in [2.24, 2.45) is 0 Å². The molecule has 0 atom stereocenters. The topological polar surface area (TPSA) is 80.6 Å². The fraction of sp³-hybridized carbons (Fsp3) is 0.333. The number of rotatable bonds is 8. The van der Waals surface area contributed by atoms with Gasteiger partial charge in [-0.2, -0.15) is 0 Å². The molecule has 0 aliphatic heterocycles. The Bertz CT molecular complexity index is 1240. The Morgan fingerprint density at radius 2 is 1.81 bits per heavy atom. The fourth-order valence-electron chi connectivity index (χ4n) is 3.26. The van der Waals surface area contributed by atoms with Crippen LogP contribution in [0.1, 0.15) is 43.2 Å². The molecule has 2 aromatic carbocycles. The summed E-state index contributed by atoms with van der Waals surface area (Å²) in [6.45, 7) is 7.32. The first kappa shape index (κ1) is 29.0. The predicted octanol–water partition coefficient (Wildman–Crippen LogP) is 4.78. The van der Waals surface area contributed by atoms with Crippen LogP contribution in [-0.2, 0) is 24.4 Å². The summed E-state index contributed by atoms with van der Waals surface area (Å²) in [5.74, 6) is -1.35. The summed E-state index contributed by atoms with van der Waals surface area (Å²) < 4.78 is 34.0. The van der Waals surface area contributed by atoms with Crippen LogP contribution >= 0.6 is 11.6 Å². The van der Waals surface area contributed by atoms with Crippen molar-refractivity contribution in [2.75, 3.05) is 6.54 Å². The zero-order chi connectivity index (χ0) is 26.8. The van der Waals surface area contributed by atoms with Crippen LogP contribution in [-0.4, -0.2) is 28.2 Å². The van der Waals surface area contributed by atoms with Gasteiger partial charge in [-0.15, -0.1) is 0 Å².